The fraction of sp³-hybridized carbons (Fsp3) is 0.531. The van der Waals surface area contributed by atoms with Gasteiger partial charge in [-0.2, -0.15) is 10.2 Å². The number of halogens is 1. The van der Waals surface area contributed by atoms with Gasteiger partial charge in [0, 0.05) is 102 Å². The summed E-state index contributed by atoms with van der Waals surface area (Å²) in [5, 5.41) is 17.5. The van der Waals surface area contributed by atoms with Gasteiger partial charge in [-0.1, -0.05) is 5.16 Å². The second-order valence-electron chi connectivity index (χ2n) is 20.0. The van der Waals surface area contributed by atoms with Gasteiger partial charge < -0.3 is 29.7 Å². The number of ether oxygens (including phenoxy) is 1. The number of amides is 4. The average Bonchev–Trinajstić information content (AvgIpc) is 3.85. The highest BCUT2D eigenvalue weighted by Crippen LogP contribution is 2.48. The van der Waals surface area contributed by atoms with E-state index in [1.165, 1.54) is 11.0 Å². The number of piperidine rings is 3. The van der Waals surface area contributed by atoms with Gasteiger partial charge >= 0.3 is 6.09 Å². The van der Waals surface area contributed by atoms with Crippen molar-refractivity contribution in [3.05, 3.63) is 53.7 Å². The molecule has 1 aromatic carbocycles. The van der Waals surface area contributed by atoms with Crippen LogP contribution in [0.1, 0.15) is 106 Å². The van der Waals surface area contributed by atoms with E-state index < -0.39 is 17.9 Å². The zero-order valence-electron chi connectivity index (χ0n) is 40.2. The molecule has 1 saturated carbocycles. The predicted octanol–water partition coefficient (Wildman–Crippen LogP) is 4.90. The first-order valence-corrected chi connectivity index (χ1v) is 24.9. The molecule has 11 rings (SSSR count). The van der Waals surface area contributed by atoms with Crippen LogP contribution in [0.5, 0.6) is 0 Å². The first-order chi connectivity index (χ1) is 34.4. The minimum absolute atomic E-state index is 0.0140. The minimum Gasteiger partial charge on any atom is -0.439 e. The highest BCUT2D eigenvalue weighted by molar-refractivity contribution is 6.03. The Morgan fingerprint density at radius 2 is 1.61 bits per heavy atom. The number of carbonyl (C=O) groups excluding carboxylic acids is 4. The van der Waals surface area contributed by atoms with Crippen LogP contribution in [0.3, 0.4) is 0 Å². The lowest BCUT2D eigenvalue weighted by molar-refractivity contribution is -0.136. The van der Waals surface area contributed by atoms with E-state index in [0.29, 0.717) is 126 Å². The summed E-state index contributed by atoms with van der Waals surface area (Å²) >= 11 is 0. The van der Waals surface area contributed by atoms with Crippen molar-refractivity contribution in [3.8, 4) is 22.8 Å². The number of nitrogens with two attached hydrogens (primary N) is 1. The van der Waals surface area contributed by atoms with E-state index in [2.05, 4.69) is 35.3 Å². The topological polar surface area (TPSA) is 242 Å². The number of nitrogens with one attached hydrogen (secondary N) is 1. The molecule has 4 amide bonds. The largest absolute Gasteiger partial charge is 0.439 e. The highest BCUT2D eigenvalue weighted by atomic mass is 19.1. The minimum atomic E-state index is -0.597. The highest BCUT2D eigenvalue weighted by Gasteiger charge is 2.37. The molecule has 0 spiro atoms. The van der Waals surface area contributed by atoms with Gasteiger partial charge in [-0.15, -0.1) is 0 Å². The van der Waals surface area contributed by atoms with Crippen LogP contribution < -0.4 is 16.0 Å². The second kappa shape index (κ2) is 18.9. The quantitative estimate of drug-likeness (QED) is 0.164. The zero-order chi connectivity index (χ0) is 49.1. The Morgan fingerprint density at radius 3 is 2.31 bits per heavy atom. The molecule has 4 aliphatic heterocycles. The molecular formula is C49H58FN15O6. The number of aromatic nitrogens is 9. The lowest BCUT2D eigenvalue weighted by atomic mass is 9.91. The van der Waals surface area contributed by atoms with Crippen LogP contribution in [0.4, 0.5) is 20.7 Å². The number of likely N-dealkylation sites (tertiary alicyclic amines) is 2. The number of aryl methyl sites for hydroxylation is 1. The Bertz CT molecular complexity index is 3010. The summed E-state index contributed by atoms with van der Waals surface area (Å²) in [6, 6.07) is 3.63. The molecule has 372 valence electrons. The number of anilines is 2. The van der Waals surface area contributed by atoms with Crippen LogP contribution in [0.15, 0.2) is 35.4 Å². The number of rotatable bonds is 11. The normalized spacial score (nSPS) is 19.9. The van der Waals surface area contributed by atoms with Gasteiger partial charge in [-0.25, -0.2) is 33.8 Å². The van der Waals surface area contributed by atoms with Crippen molar-refractivity contribution in [3.63, 3.8) is 0 Å². The van der Waals surface area contributed by atoms with Crippen LogP contribution in [0, 0.1) is 11.7 Å². The van der Waals surface area contributed by atoms with E-state index in [1.807, 2.05) is 37.0 Å². The summed E-state index contributed by atoms with van der Waals surface area (Å²) in [7, 11) is 1.68. The van der Waals surface area contributed by atoms with Crippen molar-refractivity contribution in [1.82, 2.24) is 64.7 Å². The second-order valence-corrected chi connectivity index (χ2v) is 20.0. The van der Waals surface area contributed by atoms with E-state index in [-0.39, 0.29) is 48.5 Å². The molecule has 5 aliphatic rings. The van der Waals surface area contributed by atoms with E-state index in [0.717, 1.165) is 56.6 Å². The van der Waals surface area contributed by atoms with Crippen molar-refractivity contribution in [2.45, 2.75) is 89.0 Å². The maximum absolute atomic E-state index is 16.1. The molecule has 71 heavy (non-hydrogen) atoms. The molecule has 4 saturated heterocycles. The molecule has 21 nitrogen and oxygen atoms in total. The zero-order valence-corrected chi connectivity index (χ0v) is 40.2. The molecule has 1 unspecified atom stereocenters. The third kappa shape index (κ3) is 8.90. The molecule has 0 bridgehead atoms. The fourth-order valence-electron chi connectivity index (χ4n) is 10.9. The summed E-state index contributed by atoms with van der Waals surface area (Å²) in [5.74, 6) is 0.465. The van der Waals surface area contributed by atoms with E-state index in [9.17, 15) is 19.2 Å². The van der Waals surface area contributed by atoms with E-state index in [1.54, 1.807) is 22.9 Å². The van der Waals surface area contributed by atoms with Crippen LogP contribution in [-0.4, -0.2) is 149 Å². The van der Waals surface area contributed by atoms with Crippen molar-refractivity contribution >= 4 is 57.3 Å². The number of hydrogen-bond acceptors (Lipinski definition) is 16. The number of nitrogen functional groups attached to an aromatic ring is 1. The SMILES string of the molecule is CC(C)n1nc(-c2noc(C3CC3)c2-c2ncc(C3CCN(C(=O)OCC(=O)N4CCC(CN5CCN(c6ccc7c(C8CCC(=O)NC8=O)nn(C)c7c6F)CC5)CC4)CC3)cn2)c2c(N)ncnc21. The molecule has 1 aliphatic carbocycles. The molecule has 1 atom stereocenters. The molecule has 0 radical (unpaired) electrons. The van der Waals surface area contributed by atoms with E-state index in [4.69, 9.17) is 30.1 Å². The fourth-order valence-corrected chi connectivity index (χ4v) is 10.9. The number of carbonyl (C=O) groups is 4. The van der Waals surface area contributed by atoms with Crippen LogP contribution in [-0.2, 0) is 26.2 Å². The summed E-state index contributed by atoms with van der Waals surface area (Å²) in [5.41, 5.74) is 11.0. The Hall–Kier alpha value is -7.10. The number of imide groups is 1. The van der Waals surface area contributed by atoms with Crippen LogP contribution in [0.25, 0.3) is 44.7 Å². The standard InChI is InChI=1S/C49H58FN15O6/c1-27(2)65-47-38(45(51)54-26-55-47)41(58-65)42-37(44(71-59-42)30-4-5-30)46-52-22-31(23-53-46)29-12-16-64(17-13-29)49(69)70-25-36(67)63-14-10-28(11-15-63)24-61-18-20-62(21-19-61)34-8-6-32-40(57-60(3)43(32)39(34)50)33-7-9-35(66)56-48(33)68/h6,8,22-23,26-30,33H,4-5,7,9-21,24-25H2,1-3H3,(H2,51,54,55)(H,56,66,68). The van der Waals surface area contributed by atoms with Crippen LogP contribution in [0.2, 0.25) is 0 Å². The maximum Gasteiger partial charge on any atom is 0.410 e. The molecule has 22 heteroatoms. The molecule has 6 aromatic rings. The van der Waals surface area contributed by atoms with Crippen molar-refractivity contribution in [2.75, 3.05) is 76.1 Å². The van der Waals surface area contributed by atoms with Gasteiger partial charge in [-0.05, 0) is 88.3 Å². The van der Waals surface area contributed by atoms with Gasteiger partial charge in [0.05, 0.1) is 28.2 Å². The van der Waals surface area contributed by atoms with Crippen LogP contribution >= 0.6 is 0 Å². The van der Waals surface area contributed by atoms with Crippen molar-refractivity contribution < 1.29 is 32.8 Å². The number of piperazine rings is 1. The Morgan fingerprint density at radius 1 is 0.873 bits per heavy atom. The first kappa shape index (κ1) is 46.3. The smallest absolute Gasteiger partial charge is 0.410 e. The first-order valence-electron chi connectivity index (χ1n) is 24.9. The van der Waals surface area contributed by atoms with Gasteiger partial charge in [0.2, 0.25) is 11.8 Å². The molecule has 5 fully saturated rings. The monoisotopic (exact) mass is 971 g/mol. The van der Waals surface area contributed by atoms with Crippen molar-refractivity contribution in [2.24, 2.45) is 13.0 Å². The summed E-state index contributed by atoms with van der Waals surface area (Å²) < 4.78 is 30.9. The number of benzene rings is 1. The number of fused-ring (bicyclic) bond motifs is 2. The lowest BCUT2D eigenvalue weighted by Gasteiger charge is -2.39. The lowest BCUT2D eigenvalue weighted by Crippen LogP contribution is -2.49. The molecule has 5 aromatic heterocycles. The predicted molar refractivity (Wildman–Crippen MR) is 257 cm³/mol. The van der Waals surface area contributed by atoms with Gasteiger partial charge in [0.1, 0.15) is 29.0 Å². The Labute approximate surface area is 408 Å². The van der Waals surface area contributed by atoms with Gasteiger partial charge in [0.25, 0.3) is 5.91 Å². The third-order valence-corrected chi connectivity index (χ3v) is 15.1. The number of nitrogens with zero attached hydrogens (tertiary/aromatic N) is 13. The summed E-state index contributed by atoms with van der Waals surface area (Å²) in [6.45, 7) is 9.70. The molecule has 3 N–H and O–H groups in total. The Balaban J connectivity index is 0.629. The molecule has 9 heterocycles. The van der Waals surface area contributed by atoms with E-state index >= 15 is 4.39 Å². The summed E-state index contributed by atoms with van der Waals surface area (Å²) in [6.07, 6.45) is 10.3. The molecular weight excluding hydrogens is 914 g/mol. The summed E-state index contributed by atoms with van der Waals surface area (Å²) in [4.78, 5) is 77.0. The third-order valence-electron chi connectivity index (χ3n) is 15.1. The van der Waals surface area contributed by atoms with Gasteiger partial charge in [-0.3, -0.25) is 29.3 Å². The Kier molecular flexibility index (Phi) is 12.3. The maximum atomic E-state index is 16.1. The number of hydrogen-bond donors (Lipinski definition) is 2. The average molecular weight is 972 g/mol. The van der Waals surface area contributed by atoms with Gasteiger partial charge in [0.15, 0.2) is 29.7 Å². The van der Waals surface area contributed by atoms with Crippen molar-refractivity contribution in [1.29, 1.82) is 0 Å².